The van der Waals surface area contributed by atoms with E-state index >= 15 is 0 Å². The molecule has 50 valence electrons. The van der Waals surface area contributed by atoms with Crippen LogP contribution in [0.5, 0.6) is 0 Å². The summed E-state index contributed by atoms with van der Waals surface area (Å²) in [5.41, 5.74) is 0. The molecule has 0 aromatic carbocycles. The van der Waals surface area contributed by atoms with Crippen molar-refractivity contribution in [1.29, 1.82) is 0 Å². The Morgan fingerprint density at radius 1 is 1.78 bits per heavy atom. The summed E-state index contributed by atoms with van der Waals surface area (Å²) in [4.78, 5) is 19.9. The van der Waals surface area contributed by atoms with E-state index in [2.05, 4.69) is 4.74 Å². The molecule has 0 unspecified atom stereocenters. The van der Waals surface area contributed by atoms with E-state index in [0.717, 1.165) is 6.08 Å². The van der Waals surface area contributed by atoms with Crippen molar-refractivity contribution in [2.45, 2.75) is 13.3 Å². The van der Waals surface area contributed by atoms with Gasteiger partial charge >= 0.3 is 5.97 Å². The average molecular weight is 128 g/mol. The van der Waals surface area contributed by atoms with Crippen molar-refractivity contribution >= 4 is 11.9 Å². The van der Waals surface area contributed by atoms with Gasteiger partial charge in [-0.15, -0.1) is 0 Å². The van der Waals surface area contributed by atoms with Gasteiger partial charge < -0.3 is 4.74 Å². The van der Waals surface area contributed by atoms with Gasteiger partial charge in [-0.2, -0.15) is 0 Å². The van der Waals surface area contributed by atoms with Crippen LogP contribution >= 0.6 is 0 Å². The molecule has 0 rings (SSSR count). The predicted molar refractivity (Wildman–Crippen MR) is 31.5 cm³/mol. The molecule has 9 heavy (non-hydrogen) atoms. The maximum absolute atomic E-state index is 10.4. The van der Waals surface area contributed by atoms with Crippen LogP contribution in [0.4, 0.5) is 0 Å². The Hall–Kier alpha value is -1.08. The first-order valence-corrected chi connectivity index (χ1v) is 2.66. The normalized spacial score (nSPS) is 7.67. The molecule has 0 bridgehead atoms. The second-order valence-corrected chi connectivity index (χ2v) is 1.33. The molecule has 0 aromatic heterocycles. The predicted octanol–water partition coefficient (Wildman–Crippen LogP) is 0.327. The van der Waals surface area contributed by atoms with Crippen LogP contribution in [-0.2, 0) is 14.3 Å². The van der Waals surface area contributed by atoms with Crippen molar-refractivity contribution in [3.63, 3.8) is 0 Å². The molecule has 0 amide bonds. The van der Waals surface area contributed by atoms with Crippen LogP contribution in [0, 0.1) is 0 Å². The molecule has 0 aromatic rings. The summed E-state index contributed by atoms with van der Waals surface area (Å²) in [6.07, 6.45) is 1.12. The first-order chi connectivity index (χ1) is 4.31. The van der Waals surface area contributed by atoms with Crippen LogP contribution in [0.15, 0.2) is 6.08 Å². The molecule has 0 saturated carbocycles. The molecule has 0 aliphatic rings. The second kappa shape index (κ2) is 5.06. The zero-order chi connectivity index (χ0) is 7.11. The third-order valence-corrected chi connectivity index (χ3v) is 0.657. The molecular weight excluding hydrogens is 120 g/mol. The number of hydrogen-bond acceptors (Lipinski definition) is 3. The number of hydrogen-bond donors (Lipinski definition) is 0. The maximum atomic E-state index is 10.4. The van der Waals surface area contributed by atoms with Crippen molar-refractivity contribution in [1.82, 2.24) is 0 Å². The van der Waals surface area contributed by atoms with Crippen LogP contribution in [0.3, 0.4) is 0 Å². The Kier molecular flexibility index (Phi) is 4.46. The number of carbonyl (C=O) groups is 1. The van der Waals surface area contributed by atoms with Crippen molar-refractivity contribution in [3.05, 3.63) is 6.08 Å². The van der Waals surface area contributed by atoms with Gasteiger partial charge in [0.25, 0.3) is 0 Å². The Bertz CT molecular complexity index is 133. The fourth-order valence-corrected chi connectivity index (χ4v) is 0.345. The van der Waals surface area contributed by atoms with Crippen LogP contribution < -0.4 is 0 Å². The van der Waals surface area contributed by atoms with E-state index in [9.17, 15) is 9.59 Å². The Morgan fingerprint density at radius 2 is 2.44 bits per heavy atom. The number of rotatable bonds is 3. The standard InChI is InChI=1S/C6H8O3/c1-2-9-6(8)4-3-5-7/h3H,2,4H2,1H3. The Labute approximate surface area is 53.3 Å². The van der Waals surface area contributed by atoms with Crippen molar-refractivity contribution in [2.75, 3.05) is 6.61 Å². The first-order valence-electron chi connectivity index (χ1n) is 2.66. The topological polar surface area (TPSA) is 43.4 Å². The van der Waals surface area contributed by atoms with Gasteiger partial charge in [0.15, 0.2) is 0 Å². The summed E-state index contributed by atoms with van der Waals surface area (Å²) < 4.78 is 4.49. The van der Waals surface area contributed by atoms with Gasteiger partial charge in [0.2, 0.25) is 0 Å². The first kappa shape index (κ1) is 7.92. The summed E-state index contributed by atoms with van der Waals surface area (Å²) >= 11 is 0. The van der Waals surface area contributed by atoms with Crippen LogP contribution in [-0.4, -0.2) is 18.5 Å². The molecule has 0 saturated heterocycles. The Balaban J connectivity index is 3.38. The van der Waals surface area contributed by atoms with Crippen LogP contribution in [0.1, 0.15) is 13.3 Å². The molecule has 0 heterocycles. The largest absolute Gasteiger partial charge is 0.466 e. The lowest BCUT2D eigenvalue weighted by Gasteiger charge is -1.94. The molecule has 0 N–H and O–H groups in total. The summed E-state index contributed by atoms with van der Waals surface area (Å²) in [6.45, 7) is 2.06. The third-order valence-electron chi connectivity index (χ3n) is 0.657. The maximum Gasteiger partial charge on any atom is 0.310 e. The monoisotopic (exact) mass is 128 g/mol. The Morgan fingerprint density at radius 3 is 2.89 bits per heavy atom. The molecule has 0 aliphatic carbocycles. The molecule has 0 atom stereocenters. The van der Waals surface area contributed by atoms with Crippen molar-refractivity contribution in [3.8, 4) is 0 Å². The van der Waals surface area contributed by atoms with Gasteiger partial charge in [0, 0.05) is 6.08 Å². The highest BCUT2D eigenvalue weighted by atomic mass is 16.5. The fourth-order valence-electron chi connectivity index (χ4n) is 0.345. The SMILES string of the molecule is CCOC(=O)CC=C=O. The molecule has 0 aliphatic heterocycles. The molecule has 0 fully saturated rings. The van der Waals surface area contributed by atoms with Crippen LogP contribution in [0.25, 0.3) is 0 Å². The molecule has 3 heteroatoms. The van der Waals surface area contributed by atoms with E-state index < -0.39 is 0 Å². The lowest BCUT2D eigenvalue weighted by molar-refractivity contribution is -0.142. The zero-order valence-corrected chi connectivity index (χ0v) is 5.22. The van der Waals surface area contributed by atoms with Gasteiger partial charge in [0.05, 0.1) is 13.0 Å². The second-order valence-electron chi connectivity index (χ2n) is 1.33. The minimum absolute atomic E-state index is 0.0251. The minimum atomic E-state index is -0.388. The van der Waals surface area contributed by atoms with E-state index in [4.69, 9.17) is 0 Å². The lowest BCUT2D eigenvalue weighted by Crippen LogP contribution is -2.01. The van der Waals surface area contributed by atoms with Gasteiger partial charge in [-0.3, -0.25) is 4.79 Å². The summed E-state index contributed by atoms with van der Waals surface area (Å²) in [5, 5.41) is 0. The van der Waals surface area contributed by atoms with Gasteiger partial charge in [-0.25, -0.2) is 4.79 Å². The van der Waals surface area contributed by atoms with Gasteiger partial charge in [-0.1, -0.05) is 0 Å². The third kappa shape index (κ3) is 4.78. The van der Waals surface area contributed by atoms with E-state index in [0.29, 0.717) is 6.61 Å². The van der Waals surface area contributed by atoms with Crippen molar-refractivity contribution in [2.24, 2.45) is 0 Å². The number of ether oxygens (including phenoxy) is 1. The molecule has 0 radical (unpaired) electrons. The quantitative estimate of drug-likeness (QED) is 0.406. The highest BCUT2D eigenvalue weighted by Gasteiger charge is 1.94. The van der Waals surface area contributed by atoms with Gasteiger partial charge in [-0.05, 0) is 6.92 Å². The summed E-state index contributed by atoms with van der Waals surface area (Å²) in [5.74, 6) is 1.09. The number of carbonyl (C=O) groups excluding carboxylic acids is 2. The van der Waals surface area contributed by atoms with Gasteiger partial charge in [0.1, 0.15) is 5.94 Å². The fraction of sp³-hybridized carbons (Fsp3) is 0.500. The zero-order valence-electron chi connectivity index (χ0n) is 5.22. The average Bonchev–Trinajstić information content (AvgIpc) is 1.85. The lowest BCUT2D eigenvalue weighted by atomic mass is 10.4. The summed E-state index contributed by atoms with van der Waals surface area (Å²) in [7, 11) is 0. The highest BCUT2D eigenvalue weighted by molar-refractivity contribution is 5.73. The molecular formula is C6H8O3. The smallest absolute Gasteiger partial charge is 0.310 e. The molecule has 0 spiro atoms. The number of esters is 1. The van der Waals surface area contributed by atoms with E-state index in [1.807, 2.05) is 0 Å². The highest BCUT2D eigenvalue weighted by Crippen LogP contribution is 1.83. The molecule has 3 nitrogen and oxygen atoms in total. The minimum Gasteiger partial charge on any atom is -0.466 e. The van der Waals surface area contributed by atoms with E-state index in [1.165, 1.54) is 5.94 Å². The summed E-state index contributed by atoms with van der Waals surface area (Å²) in [6, 6.07) is 0. The van der Waals surface area contributed by atoms with E-state index in [-0.39, 0.29) is 12.4 Å². The van der Waals surface area contributed by atoms with Crippen molar-refractivity contribution < 1.29 is 14.3 Å². The van der Waals surface area contributed by atoms with E-state index in [1.54, 1.807) is 6.92 Å². The van der Waals surface area contributed by atoms with Crippen LogP contribution in [0.2, 0.25) is 0 Å².